The van der Waals surface area contributed by atoms with Crippen LogP contribution in [0.15, 0.2) is 85.0 Å². The molecule has 11 heteroatoms. The highest BCUT2D eigenvalue weighted by atomic mass is 16.6. The normalized spacial score (nSPS) is 31.8. The van der Waals surface area contributed by atoms with Gasteiger partial charge < -0.3 is 34.4 Å². The molecule has 260 valence electrons. The van der Waals surface area contributed by atoms with Crippen molar-refractivity contribution < 1.29 is 38.5 Å². The van der Waals surface area contributed by atoms with Crippen LogP contribution in [0.1, 0.15) is 56.9 Å². The summed E-state index contributed by atoms with van der Waals surface area (Å²) in [4.78, 5) is 60.6. The van der Waals surface area contributed by atoms with Crippen molar-refractivity contribution in [2.24, 2.45) is 11.8 Å². The third kappa shape index (κ3) is 6.31. The lowest BCUT2D eigenvalue weighted by molar-refractivity contribution is -0.163. The Kier molecular flexibility index (Phi) is 9.79. The van der Waals surface area contributed by atoms with E-state index >= 15 is 0 Å². The number of aliphatic hydroxyl groups is 1. The number of likely N-dealkylation sites (tertiary alicyclic amines) is 1. The van der Waals surface area contributed by atoms with Gasteiger partial charge in [0.1, 0.15) is 23.7 Å². The minimum atomic E-state index is -1.48. The molecule has 0 saturated carbocycles. The van der Waals surface area contributed by atoms with Gasteiger partial charge in [0.25, 0.3) is 0 Å². The molecule has 4 heterocycles. The number of benzene rings is 2. The van der Waals surface area contributed by atoms with E-state index in [4.69, 9.17) is 14.2 Å². The number of rotatable bonds is 6. The van der Waals surface area contributed by atoms with Gasteiger partial charge in [0.2, 0.25) is 17.7 Å². The molecule has 49 heavy (non-hydrogen) atoms. The number of hydrogen-bond donors (Lipinski definition) is 2. The van der Waals surface area contributed by atoms with Crippen LogP contribution in [0.25, 0.3) is 0 Å². The first-order valence-electron chi connectivity index (χ1n) is 16.9. The van der Waals surface area contributed by atoms with Gasteiger partial charge in [0.15, 0.2) is 0 Å². The molecule has 6 rings (SSSR count). The molecule has 2 aromatic carbocycles. The molecule has 5 bridgehead atoms. The zero-order valence-electron chi connectivity index (χ0n) is 28.4. The topological polar surface area (TPSA) is 135 Å². The maximum atomic E-state index is 15.0. The first kappa shape index (κ1) is 34.5. The fourth-order valence-corrected chi connectivity index (χ4v) is 7.77. The monoisotopic (exact) mass is 671 g/mol. The van der Waals surface area contributed by atoms with Crippen LogP contribution in [0.4, 0.5) is 0 Å². The molecule has 8 atom stereocenters. The number of hydrogen-bond acceptors (Lipinski definition) is 8. The average molecular weight is 672 g/mol. The third-order valence-electron chi connectivity index (χ3n) is 10.0. The second kappa shape index (κ2) is 13.9. The number of ether oxygens (including phenoxy) is 3. The van der Waals surface area contributed by atoms with E-state index in [1.165, 1.54) is 12.0 Å². The Bertz CT molecular complexity index is 1610. The predicted molar refractivity (Wildman–Crippen MR) is 180 cm³/mol. The molecular weight excluding hydrogens is 626 g/mol. The largest absolute Gasteiger partial charge is 0.455 e. The zero-order chi connectivity index (χ0) is 34.9. The lowest BCUT2D eigenvalue weighted by atomic mass is 9.74. The van der Waals surface area contributed by atoms with Crippen LogP contribution in [0, 0.1) is 11.8 Å². The van der Waals surface area contributed by atoms with E-state index in [0.29, 0.717) is 17.5 Å². The highest BCUT2D eigenvalue weighted by molar-refractivity contribution is 5.99. The molecule has 0 aliphatic carbocycles. The molecule has 0 unspecified atom stereocenters. The Morgan fingerprint density at radius 2 is 1.69 bits per heavy atom. The van der Waals surface area contributed by atoms with Crippen LogP contribution in [0.5, 0.6) is 0 Å². The number of esters is 1. The molecule has 4 aliphatic rings. The van der Waals surface area contributed by atoms with Gasteiger partial charge in [-0.25, -0.2) is 0 Å². The Labute approximate surface area is 286 Å². The SMILES string of the molecule is COC[C@@H]1NC(=O)CC/C=C\CN(C(C)(C)C)C(=O)[C@H]2N([C@H](CO)c3ccccc3)C(=O)[C@@H]3[C@@H](C(=O)O[C@H]1c1ccccc1)[C@H]1C=C[C@]32O1. The van der Waals surface area contributed by atoms with Gasteiger partial charge in [-0.05, 0) is 38.3 Å². The Morgan fingerprint density at radius 1 is 1.00 bits per heavy atom. The van der Waals surface area contributed by atoms with Crippen molar-refractivity contribution in [3.63, 3.8) is 0 Å². The summed E-state index contributed by atoms with van der Waals surface area (Å²) in [5, 5.41) is 13.8. The number of nitrogens with zero attached hydrogens (tertiary/aromatic N) is 2. The Morgan fingerprint density at radius 3 is 2.35 bits per heavy atom. The van der Waals surface area contributed by atoms with Gasteiger partial charge in [-0.3, -0.25) is 19.2 Å². The van der Waals surface area contributed by atoms with E-state index < -0.39 is 71.8 Å². The van der Waals surface area contributed by atoms with Gasteiger partial charge in [-0.1, -0.05) is 85.0 Å². The minimum Gasteiger partial charge on any atom is -0.455 e. The molecule has 0 radical (unpaired) electrons. The van der Waals surface area contributed by atoms with Crippen LogP contribution < -0.4 is 5.32 Å². The molecule has 4 aliphatic heterocycles. The van der Waals surface area contributed by atoms with Crippen molar-refractivity contribution in [2.45, 2.75) is 75.1 Å². The van der Waals surface area contributed by atoms with Crippen molar-refractivity contribution >= 4 is 23.7 Å². The van der Waals surface area contributed by atoms with Crippen molar-refractivity contribution in [2.75, 3.05) is 26.9 Å². The first-order valence-corrected chi connectivity index (χ1v) is 16.9. The van der Waals surface area contributed by atoms with Crippen LogP contribution in [0.2, 0.25) is 0 Å². The summed E-state index contributed by atoms with van der Waals surface area (Å²) < 4.78 is 18.4. The summed E-state index contributed by atoms with van der Waals surface area (Å²) >= 11 is 0. The highest BCUT2D eigenvalue weighted by Gasteiger charge is 2.74. The summed E-state index contributed by atoms with van der Waals surface area (Å²) in [6.45, 7) is 5.55. The third-order valence-corrected chi connectivity index (χ3v) is 10.0. The molecule has 0 aromatic heterocycles. The second-order valence-electron chi connectivity index (χ2n) is 14.1. The molecular formula is C38H45N3O8. The Hall–Kier alpha value is -4.32. The summed E-state index contributed by atoms with van der Waals surface area (Å²) in [5.41, 5.74) is -0.865. The van der Waals surface area contributed by atoms with Gasteiger partial charge in [0, 0.05) is 25.6 Å². The van der Waals surface area contributed by atoms with E-state index in [0.717, 1.165) is 0 Å². The van der Waals surface area contributed by atoms with Crippen LogP contribution >= 0.6 is 0 Å². The quantitative estimate of drug-likeness (QED) is 0.353. The van der Waals surface area contributed by atoms with Gasteiger partial charge >= 0.3 is 5.97 Å². The van der Waals surface area contributed by atoms with E-state index in [-0.39, 0.29) is 31.4 Å². The van der Waals surface area contributed by atoms with Crippen molar-refractivity contribution in [1.29, 1.82) is 0 Å². The van der Waals surface area contributed by atoms with Crippen molar-refractivity contribution in [3.8, 4) is 0 Å². The summed E-state index contributed by atoms with van der Waals surface area (Å²) in [7, 11) is 1.51. The molecule has 11 nitrogen and oxygen atoms in total. The number of carbonyl (C=O) groups excluding carboxylic acids is 4. The molecule has 1 spiro atoms. The maximum absolute atomic E-state index is 15.0. The zero-order valence-corrected chi connectivity index (χ0v) is 28.4. The van der Waals surface area contributed by atoms with E-state index in [1.54, 1.807) is 41.3 Å². The summed E-state index contributed by atoms with van der Waals surface area (Å²) in [6.07, 6.45) is 6.00. The van der Waals surface area contributed by atoms with Gasteiger partial charge in [-0.15, -0.1) is 0 Å². The number of aliphatic hydroxyl groups excluding tert-OH is 1. The first-order chi connectivity index (χ1) is 23.5. The predicted octanol–water partition coefficient (Wildman–Crippen LogP) is 3.26. The smallest absolute Gasteiger partial charge is 0.313 e. The molecule has 2 fully saturated rings. The van der Waals surface area contributed by atoms with Crippen LogP contribution in [-0.2, 0) is 33.4 Å². The number of cyclic esters (lactones) is 1. The van der Waals surface area contributed by atoms with Crippen molar-refractivity contribution in [3.05, 3.63) is 96.1 Å². The number of nitrogens with one attached hydrogen (secondary N) is 1. The Balaban J connectivity index is 1.49. The van der Waals surface area contributed by atoms with Gasteiger partial charge in [0.05, 0.1) is 37.3 Å². The standard InChI is InChI=1S/C38H45N3O8/c1-37(2,3)40-21-13-7-12-18-29(43)39-26(23-47-4)32(25-16-10-6-11-17-25)48-36(46)30-28-19-20-38(49-28)31(30)34(44)41(33(38)35(40)45)27(22-42)24-14-8-5-9-15-24/h5-11,13-17,19-20,26-28,30-33,42H,12,18,21-23H2,1-4H3,(H,39,43)/b13-7-/t26-,27+,28+,30-,31-,32-,33+,38-/m0/s1. The van der Waals surface area contributed by atoms with Crippen molar-refractivity contribution in [1.82, 2.24) is 15.1 Å². The number of methoxy groups -OCH3 is 1. The van der Waals surface area contributed by atoms with E-state index in [9.17, 15) is 24.3 Å². The molecule has 2 saturated heterocycles. The fraction of sp³-hybridized carbons (Fsp3) is 0.474. The number of fused-ring (bicyclic) bond motifs is 2. The minimum absolute atomic E-state index is 0.0609. The van der Waals surface area contributed by atoms with E-state index in [2.05, 4.69) is 5.32 Å². The average Bonchev–Trinajstić information content (AvgIpc) is 3.72. The number of allylic oxidation sites excluding steroid dienone is 1. The number of amides is 3. The van der Waals surface area contributed by atoms with E-state index in [1.807, 2.05) is 69.3 Å². The maximum Gasteiger partial charge on any atom is 0.313 e. The molecule has 2 aromatic rings. The lowest BCUT2D eigenvalue weighted by Crippen LogP contribution is -2.60. The summed E-state index contributed by atoms with van der Waals surface area (Å²) in [5.74, 6) is -3.96. The van der Waals surface area contributed by atoms with Crippen LogP contribution in [-0.4, -0.2) is 94.8 Å². The lowest BCUT2D eigenvalue weighted by Gasteiger charge is -2.43. The second-order valence-corrected chi connectivity index (χ2v) is 14.1. The fourth-order valence-electron chi connectivity index (χ4n) is 7.77. The summed E-state index contributed by atoms with van der Waals surface area (Å²) in [6, 6.07) is 15.4. The van der Waals surface area contributed by atoms with Gasteiger partial charge in [-0.2, -0.15) is 0 Å². The number of carbonyl (C=O) groups is 4. The molecule has 2 N–H and O–H groups in total. The highest BCUT2D eigenvalue weighted by Crippen LogP contribution is 2.57. The van der Waals surface area contributed by atoms with Crippen LogP contribution in [0.3, 0.4) is 0 Å². The molecule has 3 amide bonds.